The number of aromatic nitrogens is 1. The van der Waals surface area contributed by atoms with E-state index in [2.05, 4.69) is 4.98 Å². The molecule has 102 valence electrons. The first-order chi connectivity index (χ1) is 10.1. The third-order valence-electron chi connectivity index (χ3n) is 3.25. The summed E-state index contributed by atoms with van der Waals surface area (Å²) in [5, 5.41) is 9.35. The summed E-state index contributed by atoms with van der Waals surface area (Å²) in [6.45, 7) is 0. The molecule has 21 heavy (non-hydrogen) atoms. The van der Waals surface area contributed by atoms with Crippen LogP contribution in [0.5, 0.6) is 0 Å². The quantitative estimate of drug-likeness (QED) is 0.731. The SMILES string of the molecule is N#Cc1ccc2c(C(=O)c3c(F)cccc3F)c[nH]c2c1. The van der Waals surface area contributed by atoms with Crippen molar-refractivity contribution in [3.05, 3.63) is 70.9 Å². The van der Waals surface area contributed by atoms with E-state index in [1.165, 1.54) is 12.3 Å². The van der Waals surface area contributed by atoms with Gasteiger partial charge in [-0.2, -0.15) is 5.26 Å². The minimum Gasteiger partial charge on any atom is -0.360 e. The van der Waals surface area contributed by atoms with Crippen LogP contribution in [0.3, 0.4) is 0 Å². The third-order valence-corrected chi connectivity index (χ3v) is 3.25. The molecule has 1 aromatic heterocycles. The van der Waals surface area contributed by atoms with E-state index in [0.717, 1.165) is 12.1 Å². The van der Waals surface area contributed by atoms with Gasteiger partial charge in [0.15, 0.2) is 0 Å². The number of rotatable bonds is 2. The van der Waals surface area contributed by atoms with Crippen molar-refractivity contribution >= 4 is 16.7 Å². The average molecular weight is 282 g/mol. The number of hydrogen-bond acceptors (Lipinski definition) is 2. The van der Waals surface area contributed by atoms with Crippen LogP contribution in [-0.4, -0.2) is 10.8 Å². The van der Waals surface area contributed by atoms with Crippen LogP contribution >= 0.6 is 0 Å². The van der Waals surface area contributed by atoms with Gasteiger partial charge in [-0.1, -0.05) is 12.1 Å². The number of fused-ring (bicyclic) bond motifs is 1. The molecule has 1 N–H and O–H groups in total. The number of aromatic amines is 1. The largest absolute Gasteiger partial charge is 0.360 e. The first-order valence-electron chi connectivity index (χ1n) is 6.12. The van der Waals surface area contributed by atoms with Crippen molar-refractivity contribution in [2.75, 3.05) is 0 Å². The molecule has 1 heterocycles. The summed E-state index contributed by atoms with van der Waals surface area (Å²) in [5.74, 6) is -2.53. The molecule has 2 aromatic carbocycles. The van der Waals surface area contributed by atoms with Crippen LogP contribution in [0.25, 0.3) is 10.9 Å². The smallest absolute Gasteiger partial charge is 0.201 e. The Morgan fingerprint density at radius 1 is 1.14 bits per heavy atom. The Morgan fingerprint density at radius 3 is 2.52 bits per heavy atom. The lowest BCUT2D eigenvalue weighted by Gasteiger charge is -2.03. The number of carbonyl (C=O) groups is 1. The molecule has 0 saturated heterocycles. The van der Waals surface area contributed by atoms with Crippen LogP contribution in [0, 0.1) is 23.0 Å². The lowest BCUT2D eigenvalue weighted by Crippen LogP contribution is -2.06. The van der Waals surface area contributed by atoms with Crippen molar-refractivity contribution in [1.82, 2.24) is 4.98 Å². The van der Waals surface area contributed by atoms with Crippen molar-refractivity contribution in [2.45, 2.75) is 0 Å². The van der Waals surface area contributed by atoms with E-state index >= 15 is 0 Å². The van der Waals surface area contributed by atoms with Crippen LogP contribution < -0.4 is 0 Å². The zero-order chi connectivity index (χ0) is 15.0. The Labute approximate surface area is 118 Å². The van der Waals surface area contributed by atoms with Gasteiger partial charge in [-0.15, -0.1) is 0 Å². The highest BCUT2D eigenvalue weighted by Crippen LogP contribution is 2.24. The summed E-state index contributed by atoms with van der Waals surface area (Å²) >= 11 is 0. The number of nitriles is 1. The van der Waals surface area contributed by atoms with Crippen LogP contribution in [0.1, 0.15) is 21.5 Å². The number of benzene rings is 2. The van der Waals surface area contributed by atoms with Gasteiger partial charge in [0, 0.05) is 22.7 Å². The Kier molecular flexibility index (Phi) is 2.99. The van der Waals surface area contributed by atoms with Crippen LogP contribution in [0.2, 0.25) is 0 Å². The second-order valence-electron chi connectivity index (χ2n) is 4.50. The number of carbonyl (C=O) groups excluding carboxylic acids is 1. The Balaban J connectivity index is 2.17. The van der Waals surface area contributed by atoms with Gasteiger partial charge in [-0.05, 0) is 24.3 Å². The molecular weight excluding hydrogens is 274 g/mol. The highest BCUT2D eigenvalue weighted by molar-refractivity contribution is 6.16. The molecule has 5 heteroatoms. The average Bonchev–Trinajstić information content (AvgIpc) is 2.89. The zero-order valence-electron chi connectivity index (χ0n) is 10.7. The van der Waals surface area contributed by atoms with Crippen LogP contribution in [0.15, 0.2) is 42.6 Å². The van der Waals surface area contributed by atoms with Gasteiger partial charge >= 0.3 is 0 Å². The summed E-state index contributed by atoms with van der Waals surface area (Å²) in [7, 11) is 0. The van der Waals surface area contributed by atoms with E-state index in [4.69, 9.17) is 5.26 Å². The number of nitrogens with zero attached hydrogens (tertiary/aromatic N) is 1. The standard InChI is InChI=1S/C16H8F2N2O/c17-12-2-1-3-13(18)15(12)16(21)11-8-20-14-6-9(7-19)4-5-10(11)14/h1-6,8,20H. The van der Waals surface area contributed by atoms with Crippen LogP contribution in [-0.2, 0) is 0 Å². The fourth-order valence-corrected chi connectivity index (χ4v) is 2.23. The summed E-state index contributed by atoms with van der Waals surface area (Å²) in [4.78, 5) is 15.2. The molecule has 0 aliphatic heterocycles. The number of ketones is 1. The maximum atomic E-state index is 13.7. The summed E-state index contributed by atoms with van der Waals surface area (Å²) in [6.07, 6.45) is 1.39. The van der Waals surface area contributed by atoms with E-state index in [9.17, 15) is 13.6 Å². The second kappa shape index (κ2) is 4.84. The topological polar surface area (TPSA) is 56.6 Å². The lowest BCUT2D eigenvalue weighted by atomic mass is 10.0. The van der Waals surface area contributed by atoms with Crippen molar-refractivity contribution in [3.8, 4) is 6.07 Å². The lowest BCUT2D eigenvalue weighted by molar-refractivity contribution is 0.103. The molecule has 0 fully saturated rings. The normalized spacial score (nSPS) is 10.5. The zero-order valence-corrected chi connectivity index (χ0v) is 10.7. The minimum absolute atomic E-state index is 0.165. The fraction of sp³-hybridized carbons (Fsp3) is 0. The molecule has 3 aromatic rings. The maximum Gasteiger partial charge on any atom is 0.201 e. The number of halogens is 2. The second-order valence-corrected chi connectivity index (χ2v) is 4.50. The van der Waals surface area contributed by atoms with Crippen molar-refractivity contribution < 1.29 is 13.6 Å². The van der Waals surface area contributed by atoms with E-state index < -0.39 is 23.0 Å². The number of nitrogens with one attached hydrogen (secondary N) is 1. The van der Waals surface area contributed by atoms with Crippen molar-refractivity contribution in [1.29, 1.82) is 5.26 Å². The highest BCUT2D eigenvalue weighted by Gasteiger charge is 2.21. The van der Waals surface area contributed by atoms with Gasteiger partial charge in [0.2, 0.25) is 5.78 Å². The van der Waals surface area contributed by atoms with Gasteiger partial charge in [0.05, 0.1) is 17.2 Å². The molecule has 0 bridgehead atoms. The van der Waals surface area contributed by atoms with Crippen LogP contribution in [0.4, 0.5) is 8.78 Å². The van der Waals surface area contributed by atoms with E-state index in [1.54, 1.807) is 18.2 Å². The number of H-pyrrole nitrogens is 1. The molecule has 0 aliphatic carbocycles. The summed E-state index contributed by atoms with van der Waals surface area (Å²) in [6, 6.07) is 9.97. The maximum absolute atomic E-state index is 13.7. The molecule has 0 atom stereocenters. The Bertz CT molecular complexity index is 886. The monoisotopic (exact) mass is 282 g/mol. The van der Waals surface area contributed by atoms with Gasteiger partial charge in [-0.3, -0.25) is 4.79 Å². The Morgan fingerprint density at radius 2 is 1.86 bits per heavy atom. The fourth-order valence-electron chi connectivity index (χ4n) is 2.23. The first-order valence-corrected chi connectivity index (χ1v) is 6.12. The third kappa shape index (κ3) is 2.07. The highest BCUT2D eigenvalue weighted by atomic mass is 19.1. The molecule has 0 spiro atoms. The first kappa shape index (κ1) is 13.0. The summed E-state index contributed by atoms with van der Waals surface area (Å²) in [5.41, 5.74) is 0.579. The Hall–Kier alpha value is -3.00. The van der Waals surface area contributed by atoms with Gasteiger partial charge in [-0.25, -0.2) is 8.78 Å². The molecule has 0 radical (unpaired) electrons. The summed E-state index contributed by atoms with van der Waals surface area (Å²) < 4.78 is 27.4. The molecule has 3 nitrogen and oxygen atoms in total. The molecule has 0 unspecified atom stereocenters. The van der Waals surface area contributed by atoms with Gasteiger partial charge < -0.3 is 4.98 Å². The van der Waals surface area contributed by atoms with E-state index in [0.29, 0.717) is 16.5 Å². The minimum atomic E-state index is -0.900. The van der Waals surface area contributed by atoms with Gasteiger partial charge in [0.25, 0.3) is 0 Å². The predicted molar refractivity (Wildman–Crippen MR) is 72.8 cm³/mol. The molecule has 0 amide bonds. The predicted octanol–water partition coefficient (Wildman–Crippen LogP) is 3.55. The molecule has 0 aliphatic rings. The van der Waals surface area contributed by atoms with E-state index in [1.807, 2.05) is 6.07 Å². The molecular formula is C16H8F2N2O. The van der Waals surface area contributed by atoms with Gasteiger partial charge in [0.1, 0.15) is 11.6 Å². The van der Waals surface area contributed by atoms with Crippen molar-refractivity contribution in [3.63, 3.8) is 0 Å². The number of hydrogen-bond donors (Lipinski definition) is 1. The van der Waals surface area contributed by atoms with E-state index in [-0.39, 0.29) is 5.56 Å². The molecule has 3 rings (SSSR count). The molecule has 0 saturated carbocycles. The van der Waals surface area contributed by atoms with Crippen molar-refractivity contribution in [2.24, 2.45) is 0 Å².